The average Bonchev–Trinajstić information content (AvgIpc) is 2.15. The number of ether oxygens (including phenoxy) is 1. The van der Waals surface area contributed by atoms with Crippen LogP contribution in [0.25, 0.3) is 0 Å². The minimum absolute atomic E-state index is 0.0266. The van der Waals surface area contributed by atoms with Gasteiger partial charge in [-0.15, -0.1) is 0 Å². The Morgan fingerprint density at radius 2 is 2.29 bits per heavy atom. The maximum absolute atomic E-state index is 13.2. The van der Waals surface area contributed by atoms with Crippen molar-refractivity contribution in [1.29, 1.82) is 0 Å². The standard InChI is InChI=1S/C10H11FO3/c1-7(13)8-3-2-4-9(11)10(8)14-6-5-12/h2-4,12H,5-6H2,1H3. The molecule has 0 aromatic heterocycles. The fraction of sp³-hybridized carbons (Fsp3) is 0.300. The summed E-state index contributed by atoms with van der Waals surface area (Å²) in [6.45, 7) is 1.09. The van der Waals surface area contributed by atoms with Crippen molar-refractivity contribution in [3.8, 4) is 5.75 Å². The number of carbonyl (C=O) groups is 1. The average molecular weight is 198 g/mol. The van der Waals surface area contributed by atoms with E-state index in [2.05, 4.69) is 0 Å². The molecule has 0 bridgehead atoms. The molecule has 0 heterocycles. The number of hydrogen-bond acceptors (Lipinski definition) is 3. The topological polar surface area (TPSA) is 46.5 Å². The molecule has 1 N–H and O–H groups in total. The van der Waals surface area contributed by atoms with E-state index >= 15 is 0 Å². The Hall–Kier alpha value is -1.42. The Morgan fingerprint density at radius 1 is 1.57 bits per heavy atom. The number of aliphatic hydroxyl groups excluding tert-OH is 1. The van der Waals surface area contributed by atoms with Crippen molar-refractivity contribution in [2.75, 3.05) is 13.2 Å². The highest BCUT2D eigenvalue weighted by Crippen LogP contribution is 2.22. The highest BCUT2D eigenvalue weighted by atomic mass is 19.1. The second-order valence-corrected chi connectivity index (χ2v) is 2.74. The van der Waals surface area contributed by atoms with E-state index < -0.39 is 5.82 Å². The molecule has 76 valence electrons. The second-order valence-electron chi connectivity index (χ2n) is 2.74. The summed E-state index contributed by atoms with van der Waals surface area (Å²) in [6, 6.07) is 4.13. The molecule has 14 heavy (non-hydrogen) atoms. The molecule has 0 radical (unpaired) electrons. The normalized spacial score (nSPS) is 9.93. The summed E-state index contributed by atoms with van der Waals surface area (Å²) in [5, 5.41) is 8.52. The molecule has 0 spiro atoms. The first-order valence-electron chi connectivity index (χ1n) is 4.20. The molecule has 1 aromatic rings. The summed E-state index contributed by atoms with van der Waals surface area (Å²) in [7, 11) is 0. The predicted octanol–water partition coefficient (Wildman–Crippen LogP) is 1.40. The Bertz CT molecular complexity index is 336. The molecule has 0 saturated heterocycles. The van der Waals surface area contributed by atoms with Gasteiger partial charge in [-0.2, -0.15) is 0 Å². The van der Waals surface area contributed by atoms with Gasteiger partial charge in [0, 0.05) is 0 Å². The van der Waals surface area contributed by atoms with Crippen LogP contribution >= 0.6 is 0 Å². The summed E-state index contributed by atoms with van der Waals surface area (Å²) in [5.41, 5.74) is 0.193. The van der Waals surface area contributed by atoms with Gasteiger partial charge < -0.3 is 9.84 Å². The van der Waals surface area contributed by atoms with E-state index in [1.54, 1.807) is 0 Å². The Balaban J connectivity index is 3.02. The number of benzene rings is 1. The van der Waals surface area contributed by atoms with Gasteiger partial charge in [0.25, 0.3) is 0 Å². The van der Waals surface area contributed by atoms with Crippen molar-refractivity contribution in [3.05, 3.63) is 29.6 Å². The maximum atomic E-state index is 13.2. The molecule has 1 aromatic carbocycles. The largest absolute Gasteiger partial charge is 0.487 e. The first kappa shape index (κ1) is 10.7. The van der Waals surface area contributed by atoms with Crippen molar-refractivity contribution in [1.82, 2.24) is 0 Å². The minimum Gasteiger partial charge on any atom is -0.487 e. The van der Waals surface area contributed by atoms with Crippen molar-refractivity contribution < 1.29 is 19.0 Å². The monoisotopic (exact) mass is 198 g/mol. The molecular weight excluding hydrogens is 187 g/mol. The van der Waals surface area contributed by atoms with Crippen LogP contribution in [0.2, 0.25) is 0 Å². The maximum Gasteiger partial charge on any atom is 0.165 e. The summed E-state index contributed by atoms with van der Waals surface area (Å²) in [5.74, 6) is -0.947. The summed E-state index contributed by atoms with van der Waals surface area (Å²) >= 11 is 0. The third-order valence-corrected chi connectivity index (χ3v) is 1.68. The zero-order chi connectivity index (χ0) is 10.6. The van der Waals surface area contributed by atoms with Crippen LogP contribution in [0.15, 0.2) is 18.2 Å². The van der Waals surface area contributed by atoms with E-state index in [1.807, 2.05) is 0 Å². The fourth-order valence-electron chi connectivity index (χ4n) is 1.08. The van der Waals surface area contributed by atoms with Gasteiger partial charge in [0.05, 0.1) is 12.2 Å². The molecule has 3 nitrogen and oxygen atoms in total. The van der Waals surface area contributed by atoms with Gasteiger partial charge in [-0.1, -0.05) is 6.07 Å². The lowest BCUT2D eigenvalue weighted by molar-refractivity contribution is 0.101. The molecule has 0 fully saturated rings. The third-order valence-electron chi connectivity index (χ3n) is 1.68. The summed E-state index contributed by atoms with van der Waals surface area (Å²) < 4.78 is 18.1. The van der Waals surface area contributed by atoms with Crippen LogP contribution in [0.5, 0.6) is 5.75 Å². The van der Waals surface area contributed by atoms with Crippen molar-refractivity contribution in [3.63, 3.8) is 0 Å². The van der Waals surface area contributed by atoms with Crippen molar-refractivity contribution in [2.45, 2.75) is 6.92 Å². The van der Waals surface area contributed by atoms with Crippen LogP contribution in [0.4, 0.5) is 4.39 Å². The van der Waals surface area contributed by atoms with E-state index in [0.717, 1.165) is 0 Å². The van der Waals surface area contributed by atoms with Crippen LogP contribution in [0, 0.1) is 5.82 Å². The number of carbonyl (C=O) groups excluding carboxylic acids is 1. The van der Waals surface area contributed by atoms with Crippen LogP contribution in [0.3, 0.4) is 0 Å². The van der Waals surface area contributed by atoms with Crippen molar-refractivity contribution in [2.24, 2.45) is 0 Å². The Morgan fingerprint density at radius 3 is 2.86 bits per heavy atom. The molecule has 0 atom stereocenters. The number of aliphatic hydroxyl groups is 1. The van der Waals surface area contributed by atoms with Crippen LogP contribution in [-0.4, -0.2) is 24.1 Å². The van der Waals surface area contributed by atoms with E-state index in [4.69, 9.17) is 9.84 Å². The van der Waals surface area contributed by atoms with Gasteiger partial charge >= 0.3 is 0 Å². The number of rotatable bonds is 4. The number of halogens is 1. The molecule has 0 saturated carbocycles. The predicted molar refractivity (Wildman–Crippen MR) is 49.0 cm³/mol. The fourth-order valence-corrected chi connectivity index (χ4v) is 1.08. The van der Waals surface area contributed by atoms with E-state index in [-0.39, 0.29) is 30.3 Å². The molecule has 0 aliphatic carbocycles. The SMILES string of the molecule is CC(=O)c1cccc(F)c1OCCO. The van der Waals surface area contributed by atoms with Crippen LogP contribution < -0.4 is 4.74 Å². The number of ketones is 1. The Labute approximate surface area is 81.1 Å². The lowest BCUT2D eigenvalue weighted by Gasteiger charge is -2.08. The highest BCUT2D eigenvalue weighted by Gasteiger charge is 2.12. The van der Waals surface area contributed by atoms with Gasteiger partial charge in [-0.3, -0.25) is 4.79 Å². The number of hydrogen-bond donors (Lipinski definition) is 1. The Kier molecular flexibility index (Phi) is 3.59. The molecule has 0 aliphatic rings. The quantitative estimate of drug-likeness (QED) is 0.744. The smallest absolute Gasteiger partial charge is 0.165 e. The lowest BCUT2D eigenvalue weighted by Crippen LogP contribution is -2.07. The van der Waals surface area contributed by atoms with Crippen LogP contribution in [-0.2, 0) is 0 Å². The first-order chi connectivity index (χ1) is 6.66. The molecule has 4 heteroatoms. The second kappa shape index (κ2) is 4.72. The number of para-hydroxylation sites is 1. The minimum atomic E-state index is -0.592. The molecule has 0 unspecified atom stereocenters. The molecule has 1 rings (SSSR count). The summed E-state index contributed by atoms with van der Waals surface area (Å²) in [6.07, 6.45) is 0. The summed E-state index contributed by atoms with van der Waals surface area (Å²) in [4.78, 5) is 11.1. The molecule has 0 aliphatic heterocycles. The molecular formula is C10H11FO3. The first-order valence-corrected chi connectivity index (χ1v) is 4.20. The van der Waals surface area contributed by atoms with Gasteiger partial charge in [-0.25, -0.2) is 4.39 Å². The lowest BCUT2D eigenvalue weighted by atomic mass is 10.1. The zero-order valence-corrected chi connectivity index (χ0v) is 7.79. The van der Waals surface area contributed by atoms with Crippen molar-refractivity contribution >= 4 is 5.78 Å². The highest BCUT2D eigenvalue weighted by molar-refractivity contribution is 5.96. The van der Waals surface area contributed by atoms with Crippen LogP contribution in [0.1, 0.15) is 17.3 Å². The van der Waals surface area contributed by atoms with Gasteiger partial charge in [0.15, 0.2) is 17.3 Å². The zero-order valence-electron chi connectivity index (χ0n) is 7.79. The van der Waals surface area contributed by atoms with E-state index in [9.17, 15) is 9.18 Å². The number of Topliss-reactive ketones (excluding diaryl/α,β-unsaturated/α-hetero) is 1. The van der Waals surface area contributed by atoms with Gasteiger partial charge in [-0.05, 0) is 19.1 Å². The van der Waals surface area contributed by atoms with Gasteiger partial charge in [0.1, 0.15) is 6.61 Å². The van der Waals surface area contributed by atoms with E-state index in [0.29, 0.717) is 0 Å². The van der Waals surface area contributed by atoms with E-state index in [1.165, 1.54) is 25.1 Å². The van der Waals surface area contributed by atoms with Gasteiger partial charge in [0.2, 0.25) is 0 Å². The molecule has 0 amide bonds. The third kappa shape index (κ3) is 2.29.